The summed E-state index contributed by atoms with van der Waals surface area (Å²) in [5, 5.41) is 6.12. The van der Waals surface area contributed by atoms with Gasteiger partial charge < -0.3 is 15.5 Å². The van der Waals surface area contributed by atoms with E-state index in [2.05, 4.69) is 15.6 Å². The number of amides is 2. The third-order valence-electron chi connectivity index (χ3n) is 4.47. The predicted molar refractivity (Wildman–Crippen MR) is 96.6 cm³/mol. The maximum atomic E-state index is 12.7. The van der Waals surface area contributed by atoms with Gasteiger partial charge in [-0.3, -0.25) is 14.6 Å². The summed E-state index contributed by atoms with van der Waals surface area (Å²) in [6, 6.07) is 10.7. The van der Waals surface area contributed by atoms with Gasteiger partial charge in [0.2, 0.25) is 0 Å². The molecule has 2 amide bonds. The van der Waals surface area contributed by atoms with Crippen molar-refractivity contribution in [3.63, 3.8) is 0 Å². The summed E-state index contributed by atoms with van der Waals surface area (Å²) in [5.74, 6) is -0.270. The SMILES string of the molecule is CN(C(=O)c1cccc(NC(=O)c2cccnc2)c1)C1CCNCC1. The van der Waals surface area contributed by atoms with E-state index in [0.717, 1.165) is 25.9 Å². The van der Waals surface area contributed by atoms with Gasteiger partial charge in [0.1, 0.15) is 0 Å². The molecule has 0 spiro atoms. The Morgan fingerprint density at radius 2 is 1.92 bits per heavy atom. The number of carbonyl (C=O) groups is 2. The van der Waals surface area contributed by atoms with Crippen molar-refractivity contribution in [3.8, 4) is 0 Å². The van der Waals surface area contributed by atoms with Gasteiger partial charge in [-0.15, -0.1) is 0 Å². The Labute approximate surface area is 147 Å². The fraction of sp³-hybridized carbons (Fsp3) is 0.316. The molecule has 1 saturated heterocycles. The van der Waals surface area contributed by atoms with Crippen LogP contribution in [0.15, 0.2) is 48.8 Å². The van der Waals surface area contributed by atoms with Crippen LogP contribution in [0.2, 0.25) is 0 Å². The van der Waals surface area contributed by atoms with Crippen LogP contribution in [0.3, 0.4) is 0 Å². The predicted octanol–water partition coefficient (Wildman–Crippen LogP) is 2.16. The van der Waals surface area contributed by atoms with E-state index in [4.69, 9.17) is 0 Å². The molecule has 0 unspecified atom stereocenters. The lowest BCUT2D eigenvalue weighted by Gasteiger charge is -2.31. The number of hydrogen-bond donors (Lipinski definition) is 2. The molecule has 2 heterocycles. The summed E-state index contributed by atoms with van der Waals surface area (Å²) in [5.41, 5.74) is 1.65. The van der Waals surface area contributed by atoms with Crippen molar-refractivity contribution in [2.75, 3.05) is 25.5 Å². The minimum absolute atomic E-state index is 0.0237. The van der Waals surface area contributed by atoms with Crippen molar-refractivity contribution in [3.05, 3.63) is 59.9 Å². The van der Waals surface area contributed by atoms with Crippen LogP contribution in [-0.2, 0) is 0 Å². The molecule has 1 fully saturated rings. The number of benzene rings is 1. The Morgan fingerprint density at radius 3 is 2.64 bits per heavy atom. The average molecular weight is 338 g/mol. The minimum atomic E-state index is -0.246. The van der Waals surface area contributed by atoms with Gasteiger partial charge in [0, 0.05) is 36.7 Å². The highest BCUT2D eigenvalue weighted by atomic mass is 16.2. The topological polar surface area (TPSA) is 74.3 Å². The standard InChI is InChI=1S/C19H22N4O2/c1-23(17-7-10-20-11-8-17)19(25)14-4-2-6-16(12-14)22-18(24)15-5-3-9-21-13-15/h2-6,9,12-13,17,20H,7-8,10-11H2,1H3,(H,22,24). The average Bonchev–Trinajstić information content (AvgIpc) is 2.68. The molecule has 2 N–H and O–H groups in total. The molecule has 25 heavy (non-hydrogen) atoms. The van der Waals surface area contributed by atoms with Crippen molar-refractivity contribution in [2.24, 2.45) is 0 Å². The summed E-state index contributed by atoms with van der Waals surface area (Å²) < 4.78 is 0. The minimum Gasteiger partial charge on any atom is -0.339 e. The van der Waals surface area contributed by atoms with Crippen LogP contribution in [0.25, 0.3) is 0 Å². The van der Waals surface area contributed by atoms with Gasteiger partial charge in [-0.25, -0.2) is 0 Å². The molecule has 6 heteroatoms. The van der Waals surface area contributed by atoms with Crippen molar-refractivity contribution >= 4 is 17.5 Å². The molecule has 1 aromatic heterocycles. The van der Waals surface area contributed by atoms with Crippen LogP contribution < -0.4 is 10.6 Å². The first kappa shape index (κ1) is 17.1. The fourth-order valence-corrected chi connectivity index (χ4v) is 2.99. The van der Waals surface area contributed by atoms with E-state index in [1.54, 1.807) is 42.6 Å². The molecule has 1 aromatic carbocycles. The second-order valence-corrected chi connectivity index (χ2v) is 6.17. The van der Waals surface area contributed by atoms with Crippen LogP contribution >= 0.6 is 0 Å². The van der Waals surface area contributed by atoms with Crippen molar-refractivity contribution in [1.82, 2.24) is 15.2 Å². The molecule has 0 bridgehead atoms. The van der Waals surface area contributed by atoms with Gasteiger partial charge in [0.15, 0.2) is 0 Å². The number of rotatable bonds is 4. The molecule has 0 radical (unpaired) electrons. The Kier molecular flexibility index (Phi) is 5.40. The summed E-state index contributed by atoms with van der Waals surface area (Å²) in [4.78, 5) is 30.7. The summed E-state index contributed by atoms with van der Waals surface area (Å²) in [6.45, 7) is 1.87. The lowest BCUT2D eigenvalue weighted by atomic mass is 10.0. The van der Waals surface area contributed by atoms with Gasteiger partial charge in [0.05, 0.1) is 5.56 Å². The number of hydrogen-bond acceptors (Lipinski definition) is 4. The molecule has 1 aliphatic rings. The highest BCUT2D eigenvalue weighted by Gasteiger charge is 2.23. The lowest BCUT2D eigenvalue weighted by molar-refractivity contribution is 0.0703. The number of carbonyl (C=O) groups excluding carboxylic acids is 2. The first-order valence-electron chi connectivity index (χ1n) is 8.44. The van der Waals surface area contributed by atoms with Gasteiger partial charge >= 0.3 is 0 Å². The summed E-state index contributed by atoms with van der Waals surface area (Å²) in [7, 11) is 1.85. The van der Waals surface area contributed by atoms with Crippen LogP contribution in [0.5, 0.6) is 0 Å². The van der Waals surface area contributed by atoms with Crippen LogP contribution in [0.4, 0.5) is 5.69 Å². The number of nitrogens with zero attached hydrogens (tertiary/aromatic N) is 2. The van der Waals surface area contributed by atoms with Crippen LogP contribution in [0.1, 0.15) is 33.6 Å². The quantitative estimate of drug-likeness (QED) is 0.896. The number of aromatic nitrogens is 1. The van der Waals surface area contributed by atoms with E-state index in [1.807, 2.05) is 11.9 Å². The fourth-order valence-electron chi connectivity index (χ4n) is 2.99. The first-order valence-corrected chi connectivity index (χ1v) is 8.44. The zero-order chi connectivity index (χ0) is 17.6. The molecular formula is C19H22N4O2. The molecule has 3 rings (SSSR count). The van der Waals surface area contributed by atoms with Crippen molar-refractivity contribution in [1.29, 1.82) is 0 Å². The Balaban J connectivity index is 1.70. The smallest absolute Gasteiger partial charge is 0.257 e. The van der Waals surface area contributed by atoms with E-state index in [1.165, 1.54) is 6.20 Å². The zero-order valence-electron chi connectivity index (χ0n) is 14.2. The monoisotopic (exact) mass is 338 g/mol. The molecule has 130 valence electrons. The lowest BCUT2D eigenvalue weighted by Crippen LogP contribution is -2.43. The third-order valence-corrected chi connectivity index (χ3v) is 4.47. The van der Waals surface area contributed by atoms with Gasteiger partial charge in [-0.2, -0.15) is 0 Å². The second-order valence-electron chi connectivity index (χ2n) is 6.17. The van der Waals surface area contributed by atoms with Crippen LogP contribution in [-0.4, -0.2) is 47.9 Å². The molecule has 2 aromatic rings. The maximum Gasteiger partial charge on any atom is 0.257 e. The van der Waals surface area contributed by atoms with Crippen molar-refractivity contribution in [2.45, 2.75) is 18.9 Å². The van der Waals surface area contributed by atoms with E-state index in [9.17, 15) is 9.59 Å². The molecular weight excluding hydrogens is 316 g/mol. The van der Waals surface area contributed by atoms with Gasteiger partial charge in [0.25, 0.3) is 11.8 Å². The molecule has 0 aliphatic carbocycles. The highest BCUT2D eigenvalue weighted by Crippen LogP contribution is 2.17. The van der Waals surface area contributed by atoms with Crippen molar-refractivity contribution < 1.29 is 9.59 Å². The normalized spacial score (nSPS) is 14.8. The zero-order valence-corrected chi connectivity index (χ0v) is 14.2. The molecule has 0 atom stereocenters. The third kappa shape index (κ3) is 4.22. The highest BCUT2D eigenvalue weighted by molar-refractivity contribution is 6.04. The van der Waals surface area contributed by atoms with Crippen LogP contribution in [0, 0.1) is 0 Å². The number of piperidine rings is 1. The number of anilines is 1. The maximum absolute atomic E-state index is 12.7. The Bertz CT molecular complexity index is 742. The van der Waals surface area contributed by atoms with Gasteiger partial charge in [-0.1, -0.05) is 6.07 Å². The Hall–Kier alpha value is -2.73. The van der Waals surface area contributed by atoms with Gasteiger partial charge in [-0.05, 0) is 56.3 Å². The van der Waals surface area contributed by atoms with E-state index >= 15 is 0 Å². The van der Waals surface area contributed by atoms with E-state index in [-0.39, 0.29) is 17.9 Å². The summed E-state index contributed by atoms with van der Waals surface area (Å²) >= 11 is 0. The largest absolute Gasteiger partial charge is 0.339 e. The second kappa shape index (κ2) is 7.90. The molecule has 6 nitrogen and oxygen atoms in total. The molecule has 1 aliphatic heterocycles. The van der Waals surface area contributed by atoms with E-state index in [0.29, 0.717) is 16.8 Å². The molecule has 0 saturated carbocycles. The summed E-state index contributed by atoms with van der Waals surface area (Å²) in [6.07, 6.45) is 5.04. The number of nitrogens with one attached hydrogen (secondary N) is 2. The Morgan fingerprint density at radius 1 is 1.16 bits per heavy atom. The number of pyridine rings is 1. The van der Waals surface area contributed by atoms with E-state index < -0.39 is 0 Å². The first-order chi connectivity index (χ1) is 12.1.